The summed E-state index contributed by atoms with van der Waals surface area (Å²) in [5, 5.41) is 13.1. The number of halogens is 1. The first kappa shape index (κ1) is 44.6. The van der Waals surface area contributed by atoms with Gasteiger partial charge in [0.15, 0.2) is 0 Å². The Morgan fingerprint density at radius 2 is 0.703 bits per heavy atom. The summed E-state index contributed by atoms with van der Waals surface area (Å²) in [6, 6.07) is 7.53. The molecule has 0 amide bonds. The molecule has 37 heavy (non-hydrogen) atoms. The van der Waals surface area contributed by atoms with Crippen LogP contribution < -0.4 is 4.40 Å². The first-order chi connectivity index (χ1) is 16.5. The number of hydrogen-bond acceptors (Lipinski definition) is 0. The molecule has 0 saturated heterocycles. The van der Waals surface area contributed by atoms with E-state index in [4.69, 9.17) is 0 Å². The molecular formula is C31H64FGeHfN3. The Morgan fingerprint density at radius 1 is 0.514 bits per heavy atom. The molecular weight excluding hydrogens is 684 g/mol. The van der Waals surface area contributed by atoms with Crippen LogP contribution in [0.25, 0.3) is 16.0 Å². The van der Waals surface area contributed by atoms with Crippen LogP contribution in [0.2, 0.25) is 11.5 Å². The van der Waals surface area contributed by atoms with Crippen LogP contribution in [0, 0.1) is 35.5 Å². The van der Waals surface area contributed by atoms with E-state index in [9.17, 15) is 3.50 Å². The molecule has 3 nitrogen and oxygen atoms in total. The van der Waals surface area contributed by atoms with E-state index < -0.39 is 13.7 Å². The van der Waals surface area contributed by atoms with Gasteiger partial charge in [0.1, 0.15) is 0 Å². The molecule has 0 fully saturated rings. The van der Waals surface area contributed by atoms with Crippen molar-refractivity contribution >= 4 is 18.1 Å². The summed E-state index contributed by atoms with van der Waals surface area (Å²) >= 11 is -2.94. The average molecular weight is 749 g/mol. The molecule has 0 saturated carbocycles. The molecule has 0 atom stereocenters. The van der Waals surface area contributed by atoms with Crippen LogP contribution in [-0.2, 0) is 25.8 Å². The van der Waals surface area contributed by atoms with Crippen molar-refractivity contribution < 1.29 is 29.3 Å². The maximum absolute atomic E-state index is 13.1. The van der Waals surface area contributed by atoms with Crippen molar-refractivity contribution in [2.75, 3.05) is 39.3 Å². The normalized spacial score (nSPS) is 11.2. The van der Waals surface area contributed by atoms with Gasteiger partial charge in [0.05, 0.1) is 0 Å². The van der Waals surface area contributed by atoms with Gasteiger partial charge < -0.3 is 16.0 Å². The van der Waals surface area contributed by atoms with Gasteiger partial charge in [0.2, 0.25) is 0 Å². The van der Waals surface area contributed by atoms with Crippen molar-refractivity contribution in [2.24, 2.45) is 35.5 Å². The summed E-state index contributed by atoms with van der Waals surface area (Å²) in [5.74, 6) is 7.84. The van der Waals surface area contributed by atoms with Gasteiger partial charge >= 0.3 is 83.2 Å². The maximum atomic E-state index is 13.1. The fourth-order valence-corrected chi connectivity index (χ4v) is 4.61. The second kappa shape index (κ2) is 28.1. The molecule has 0 bridgehead atoms. The molecule has 0 aromatic heterocycles. The molecule has 218 valence electrons. The molecule has 0 radical (unpaired) electrons. The van der Waals surface area contributed by atoms with E-state index in [1.54, 1.807) is 11.5 Å². The first-order valence-corrected chi connectivity index (χ1v) is 20.3. The Morgan fingerprint density at radius 3 is 0.811 bits per heavy atom. The van der Waals surface area contributed by atoms with Gasteiger partial charge in [-0.05, 0) is 0 Å². The average Bonchev–Trinajstić information content (AvgIpc) is 3.23. The number of rotatable bonds is 13. The first-order valence-electron chi connectivity index (χ1n) is 14.3. The molecule has 0 N–H and O–H groups in total. The van der Waals surface area contributed by atoms with Gasteiger partial charge in [-0.3, -0.25) is 0 Å². The molecule has 0 spiro atoms. The van der Waals surface area contributed by atoms with Gasteiger partial charge in [0, 0.05) is 0 Å². The third-order valence-corrected chi connectivity index (χ3v) is 7.89. The molecule has 0 aliphatic heterocycles. The molecule has 0 aliphatic rings. The standard InChI is InChI=1S/3C8H18N.C7H10FGe.Hf/c3*1-7(2)5-9-6-8(3)4;1-9(2,8)7-5-3-4-6-7;/h3*7-8H,5-6H2,1-4H3;3-6H,1-2H3;/q4*-1;+4. The van der Waals surface area contributed by atoms with E-state index in [0.717, 1.165) is 79.2 Å². The third kappa shape index (κ3) is 43.9. The van der Waals surface area contributed by atoms with Gasteiger partial charge in [-0.2, -0.15) is 0 Å². The summed E-state index contributed by atoms with van der Waals surface area (Å²) in [7, 11) is 0. The minimum atomic E-state index is -2.94. The van der Waals surface area contributed by atoms with E-state index >= 15 is 0 Å². The summed E-state index contributed by atoms with van der Waals surface area (Å²) < 4.78 is 14.1. The Hall–Kier alpha value is 0.573. The summed E-state index contributed by atoms with van der Waals surface area (Å²) in [6.07, 6.45) is 0. The summed E-state index contributed by atoms with van der Waals surface area (Å²) in [4.78, 5) is 0. The molecule has 0 aliphatic carbocycles. The monoisotopic (exact) mass is 751 g/mol. The van der Waals surface area contributed by atoms with E-state index in [-0.39, 0.29) is 25.8 Å². The van der Waals surface area contributed by atoms with Crippen molar-refractivity contribution in [3.63, 3.8) is 0 Å². The minimum Gasteiger partial charge on any atom is 4.00 e. The zero-order valence-corrected chi connectivity index (χ0v) is 32.9. The quantitative estimate of drug-likeness (QED) is 0.143. The van der Waals surface area contributed by atoms with Crippen LogP contribution in [0.5, 0.6) is 0 Å². The van der Waals surface area contributed by atoms with E-state index in [2.05, 4.69) is 99.0 Å². The van der Waals surface area contributed by atoms with Gasteiger partial charge in [-0.25, -0.2) is 0 Å². The second-order valence-electron chi connectivity index (χ2n) is 12.8. The predicted molar refractivity (Wildman–Crippen MR) is 169 cm³/mol. The van der Waals surface area contributed by atoms with Crippen LogP contribution in [0.1, 0.15) is 83.1 Å². The van der Waals surface area contributed by atoms with Crippen molar-refractivity contribution in [3.05, 3.63) is 40.2 Å². The Balaban J connectivity index is -0.000000194. The van der Waals surface area contributed by atoms with Crippen LogP contribution in [-0.4, -0.2) is 53.0 Å². The molecule has 0 heterocycles. The molecule has 6 heteroatoms. The van der Waals surface area contributed by atoms with Crippen LogP contribution >= 0.6 is 0 Å². The van der Waals surface area contributed by atoms with Gasteiger partial charge in [0.25, 0.3) is 0 Å². The van der Waals surface area contributed by atoms with Crippen LogP contribution in [0.3, 0.4) is 0 Å². The minimum absolute atomic E-state index is 0. The Kier molecular flexibility index (Phi) is 33.9. The van der Waals surface area contributed by atoms with Gasteiger partial charge in [-0.15, -0.1) is 39.3 Å². The number of hydrogen-bond donors (Lipinski definition) is 0. The van der Waals surface area contributed by atoms with Gasteiger partial charge in [-0.1, -0.05) is 119 Å². The van der Waals surface area contributed by atoms with Crippen molar-refractivity contribution in [1.29, 1.82) is 0 Å². The Labute approximate surface area is 255 Å². The fraction of sp³-hybridized carbons (Fsp3) is 0.839. The smallest absolute Gasteiger partial charge is 4.00 e. The fourth-order valence-electron chi connectivity index (χ4n) is 2.54. The van der Waals surface area contributed by atoms with Crippen molar-refractivity contribution in [2.45, 2.75) is 94.6 Å². The summed E-state index contributed by atoms with van der Waals surface area (Å²) in [5.41, 5.74) is 0. The summed E-state index contributed by atoms with van der Waals surface area (Å²) in [6.45, 7) is 32.5. The molecule has 0 unspecified atom stereocenters. The van der Waals surface area contributed by atoms with E-state index in [1.165, 1.54) is 0 Å². The van der Waals surface area contributed by atoms with Crippen molar-refractivity contribution in [1.82, 2.24) is 0 Å². The van der Waals surface area contributed by atoms with Crippen LogP contribution in [0.15, 0.2) is 24.3 Å². The molecule has 1 aromatic rings. The van der Waals surface area contributed by atoms with Crippen molar-refractivity contribution in [3.8, 4) is 0 Å². The predicted octanol–water partition coefficient (Wildman–Crippen LogP) is 9.80. The van der Waals surface area contributed by atoms with Crippen LogP contribution in [0.4, 0.5) is 3.50 Å². The zero-order chi connectivity index (χ0) is 28.7. The largest absolute Gasteiger partial charge is 4.00 e. The number of nitrogens with zero attached hydrogens (tertiary/aromatic N) is 3. The zero-order valence-electron chi connectivity index (χ0n) is 27.2. The maximum Gasteiger partial charge on any atom is 4.00 e. The van der Waals surface area contributed by atoms with E-state index in [1.807, 2.05) is 24.3 Å². The second-order valence-corrected chi connectivity index (χ2v) is 20.2. The SMILES string of the molecule is CC(C)C[N-]CC(C)C.CC(C)C[N-]CC(C)C.CC(C)C[N-]CC(C)C.[CH3][Ge]([CH3])([F])[c-]1cccc1.[Hf+4]. The molecule has 1 rings (SSSR count). The topological polar surface area (TPSA) is 42.3 Å². The van der Waals surface area contributed by atoms with E-state index in [0.29, 0.717) is 0 Å². The Bertz CT molecular complexity index is 472. The molecule has 1 aromatic carbocycles. The third-order valence-electron chi connectivity index (χ3n) is 4.31.